The van der Waals surface area contributed by atoms with Crippen LogP contribution in [0.1, 0.15) is 27.7 Å². The fraction of sp³-hybridized carbons (Fsp3) is 0.417. The van der Waals surface area contributed by atoms with Crippen molar-refractivity contribution in [1.82, 2.24) is 5.32 Å². The smallest absolute Gasteiger partial charge is 0.303 e. The molecule has 0 spiro atoms. The number of amides is 1. The van der Waals surface area contributed by atoms with E-state index in [0.29, 0.717) is 5.75 Å². The molecule has 1 saturated heterocycles. The molecule has 1 amide bonds. The molecule has 1 heterocycles. The highest BCUT2D eigenvalue weighted by Crippen LogP contribution is 2.30. The van der Waals surface area contributed by atoms with Gasteiger partial charge in [0, 0.05) is 27.7 Å². The number of hydrogen-bond donors (Lipinski definition) is 1. The van der Waals surface area contributed by atoms with Crippen molar-refractivity contribution < 1.29 is 42.9 Å². The lowest BCUT2D eigenvalue weighted by atomic mass is 9.96. The summed E-state index contributed by atoms with van der Waals surface area (Å²) in [6, 6.07) is 12.0. The van der Waals surface area contributed by atoms with Crippen LogP contribution in [0, 0.1) is 0 Å². The first kappa shape index (κ1) is 25.0. The van der Waals surface area contributed by atoms with E-state index in [1.54, 1.807) is 12.1 Å². The summed E-state index contributed by atoms with van der Waals surface area (Å²) in [7, 11) is 0. The monoisotopic (exact) mass is 473 g/mol. The second-order valence-corrected chi connectivity index (χ2v) is 7.85. The summed E-state index contributed by atoms with van der Waals surface area (Å²) in [5.74, 6) is -1.94. The number of carbonyl (C=O) groups is 4. The van der Waals surface area contributed by atoms with E-state index in [0.717, 1.165) is 10.8 Å². The summed E-state index contributed by atoms with van der Waals surface area (Å²) in [6.07, 6.45) is -4.55. The summed E-state index contributed by atoms with van der Waals surface area (Å²) in [5, 5.41) is 4.58. The highest BCUT2D eigenvalue weighted by molar-refractivity contribution is 5.83. The molecule has 2 aromatic carbocycles. The molecule has 0 aliphatic carbocycles. The third-order valence-electron chi connectivity index (χ3n) is 5.04. The van der Waals surface area contributed by atoms with Crippen molar-refractivity contribution in [3.05, 3.63) is 42.5 Å². The van der Waals surface area contributed by atoms with E-state index < -0.39 is 54.5 Å². The molecule has 0 bridgehead atoms. The fourth-order valence-electron chi connectivity index (χ4n) is 3.77. The molecular weight excluding hydrogens is 446 g/mol. The van der Waals surface area contributed by atoms with Crippen molar-refractivity contribution in [1.29, 1.82) is 0 Å². The second-order valence-electron chi connectivity index (χ2n) is 7.85. The molecular formula is C24H27NO9. The van der Waals surface area contributed by atoms with Gasteiger partial charge in [-0.3, -0.25) is 19.2 Å². The Morgan fingerprint density at radius 3 is 2.12 bits per heavy atom. The molecule has 3 rings (SSSR count). The van der Waals surface area contributed by atoms with Crippen LogP contribution in [0.3, 0.4) is 0 Å². The van der Waals surface area contributed by atoms with Gasteiger partial charge in [0.15, 0.2) is 12.2 Å². The first-order valence-corrected chi connectivity index (χ1v) is 10.7. The van der Waals surface area contributed by atoms with E-state index in [-0.39, 0.29) is 6.61 Å². The third-order valence-corrected chi connectivity index (χ3v) is 5.04. The maximum absolute atomic E-state index is 12.0. The zero-order valence-corrected chi connectivity index (χ0v) is 19.3. The number of fused-ring (bicyclic) bond motifs is 1. The summed E-state index contributed by atoms with van der Waals surface area (Å²) in [6.45, 7) is 4.57. The molecule has 5 atom stereocenters. The number of ether oxygens (including phenoxy) is 5. The van der Waals surface area contributed by atoms with Gasteiger partial charge >= 0.3 is 17.9 Å². The Balaban J connectivity index is 1.98. The zero-order chi connectivity index (χ0) is 24.8. The van der Waals surface area contributed by atoms with Crippen LogP contribution in [0.4, 0.5) is 0 Å². The van der Waals surface area contributed by atoms with Crippen molar-refractivity contribution in [2.24, 2.45) is 0 Å². The Bertz CT molecular complexity index is 1070. The lowest BCUT2D eigenvalue weighted by molar-refractivity contribution is -0.257. The number of carbonyl (C=O) groups excluding carboxylic acids is 4. The van der Waals surface area contributed by atoms with Gasteiger partial charge in [-0.05, 0) is 22.9 Å². The van der Waals surface area contributed by atoms with Crippen LogP contribution in [0.25, 0.3) is 10.8 Å². The average molecular weight is 473 g/mol. The van der Waals surface area contributed by atoms with E-state index >= 15 is 0 Å². The van der Waals surface area contributed by atoms with Gasteiger partial charge in [0.2, 0.25) is 12.2 Å². The highest BCUT2D eigenvalue weighted by atomic mass is 16.7. The Morgan fingerprint density at radius 2 is 1.50 bits per heavy atom. The molecule has 0 saturated carbocycles. The molecule has 0 aromatic heterocycles. The first-order chi connectivity index (χ1) is 16.1. The molecule has 1 fully saturated rings. The summed E-state index contributed by atoms with van der Waals surface area (Å²) in [5.41, 5.74) is 0. The van der Waals surface area contributed by atoms with Crippen LogP contribution in [-0.4, -0.2) is 61.1 Å². The largest absolute Gasteiger partial charge is 0.463 e. The number of esters is 3. The lowest BCUT2D eigenvalue weighted by Crippen LogP contribution is -2.67. The topological polar surface area (TPSA) is 126 Å². The molecule has 34 heavy (non-hydrogen) atoms. The van der Waals surface area contributed by atoms with Gasteiger partial charge in [-0.25, -0.2) is 0 Å². The van der Waals surface area contributed by atoms with Gasteiger partial charge in [0.1, 0.15) is 24.5 Å². The number of hydrogen-bond acceptors (Lipinski definition) is 9. The number of benzene rings is 2. The van der Waals surface area contributed by atoms with Gasteiger partial charge in [-0.15, -0.1) is 0 Å². The Morgan fingerprint density at radius 1 is 0.853 bits per heavy atom. The minimum Gasteiger partial charge on any atom is -0.463 e. The molecule has 10 nitrogen and oxygen atoms in total. The van der Waals surface area contributed by atoms with Crippen molar-refractivity contribution in [3.8, 4) is 5.75 Å². The SMILES string of the molecule is CC(=O)N[C@@H]1[C@@H](Oc2ccc3ccccc3c2)O[C@@H](COC(C)=O)[C@@H](OC(C)=O)[C@H]1OC(C)=O. The van der Waals surface area contributed by atoms with Gasteiger partial charge in [-0.2, -0.15) is 0 Å². The summed E-state index contributed by atoms with van der Waals surface area (Å²) < 4.78 is 28.0. The molecule has 0 radical (unpaired) electrons. The van der Waals surface area contributed by atoms with Gasteiger partial charge in [0.05, 0.1) is 0 Å². The standard InChI is InChI=1S/C24H27NO9/c1-13(26)25-21-23(32-16(4)29)22(31-15(3)28)20(12-30-14(2)27)34-24(21)33-19-10-9-17-7-5-6-8-18(17)11-19/h5-11,20-24H,12H2,1-4H3,(H,25,26)/t20-,21-,22+,23-,24-/m0/s1. The molecule has 0 unspecified atom stereocenters. The summed E-state index contributed by atoms with van der Waals surface area (Å²) >= 11 is 0. The lowest BCUT2D eigenvalue weighted by Gasteiger charge is -2.44. The van der Waals surface area contributed by atoms with E-state index in [1.807, 2.05) is 30.3 Å². The Kier molecular flexibility index (Phi) is 8.06. The van der Waals surface area contributed by atoms with Gasteiger partial charge in [0.25, 0.3) is 0 Å². The summed E-state index contributed by atoms with van der Waals surface area (Å²) in [4.78, 5) is 47.1. The van der Waals surface area contributed by atoms with E-state index in [2.05, 4.69) is 5.32 Å². The number of nitrogens with one attached hydrogen (secondary N) is 1. The van der Waals surface area contributed by atoms with Crippen molar-refractivity contribution in [3.63, 3.8) is 0 Å². The molecule has 1 aliphatic heterocycles. The molecule has 2 aromatic rings. The van der Waals surface area contributed by atoms with E-state index in [1.165, 1.54) is 27.7 Å². The van der Waals surface area contributed by atoms with Gasteiger partial charge in [-0.1, -0.05) is 30.3 Å². The van der Waals surface area contributed by atoms with Crippen molar-refractivity contribution in [2.45, 2.75) is 58.3 Å². The van der Waals surface area contributed by atoms with E-state index in [4.69, 9.17) is 23.7 Å². The Labute approximate surface area is 196 Å². The second kappa shape index (κ2) is 11.0. The maximum atomic E-state index is 12.0. The number of rotatable bonds is 7. The van der Waals surface area contributed by atoms with E-state index in [9.17, 15) is 19.2 Å². The predicted octanol–water partition coefficient (Wildman–Crippen LogP) is 1.87. The van der Waals surface area contributed by atoms with Crippen molar-refractivity contribution >= 4 is 34.6 Å². The van der Waals surface area contributed by atoms with Gasteiger partial charge < -0.3 is 29.0 Å². The van der Waals surface area contributed by atoms with Crippen LogP contribution in [0.5, 0.6) is 5.75 Å². The minimum atomic E-state index is -1.18. The average Bonchev–Trinajstić information content (AvgIpc) is 2.75. The first-order valence-electron chi connectivity index (χ1n) is 10.7. The van der Waals surface area contributed by atoms with Crippen molar-refractivity contribution in [2.75, 3.05) is 6.61 Å². The third kappa shape index (κ3) is 6.44. The van der Waals surface area contributed by atoms with Crippen LogP contribution in [0.15, 0.2) is 42.5 Å². The maximum Gasteiger partial charge on any atom is 0.303 e. The fourth-order valence-corrected chi connectivity index (χ4v) is 3.77. The Hall–Kier alpha value is -3.66. The quantitative estimate of drug-likeness (QED) is 0.474. The van der Waals surface area contributed by atoms with Crippen LogP contribution in [-0.2, 0) is 38.1 Å². The molecule has 1 N–H and O–H groups in total. The van der Waals surface area contributed by atoms with Crippen LogP contribution >= 0.6 is 0 Å². The normalized spacial score (nSPS) is 24.1. The zero-order valence-electron chi connectivity index (χ0n) is 19.3. The highest BCUT2D eigenvalue weighted by Gasteiger charge is 2.51. The molecule has 1 aliphatic rings. The molecule has 182 valence electrons. The molecule has 10 heteroatoms. The van der Waals surface area contributed by atoms with Crippen LogP contribution < -0.4 is 10.1 Å². The van der Waals surface area contributed by atoms with Crippen LogP contribution in [0.2, 0.25) is 0 Å². The predicted molar refractivity (Wildman–Crippen MR) is 119 cm³/mol. The minimum absolute atomic E-state index is 0.296.